The van der Waals surface area contributed by atoms with Gasteiger partial charge in [0.2, 0.25) is 11.7 Å². The molecule has 32 heavy (non-hydrogen) atoms. The molecule has 2 aromatic heterocycles. The molecule has 1 amide bonds. The number of halogens is 1. The Balaban J connectivity index is 1.62. The van der Waals surface area contributed by atoms with Gasteiger partial charge in [-0.2, -0.15) is 0 Å². The Morgan fingerprint density at radius 2 is 1.88 bits per heavy atom. The van der Waals surface area contributed by atoms with E-state index in [1.165, 1.54) is 29.2 Å². The lowest BCUT2D eigenvalue weighted by Gasteiger charge is -2.27. The van der Waals surface area contributed by atoms with Crippen LogP contribution in [0.3, 0.4) is 0 Å². The van der Waals surface area contributed by atoms with Gasteiger partial charge < -0.3 is 14.4 Å². The first-order chi connectivity index (χ1) is 15.5. The van der Waals surface area contributed by atoms with Crippen molar-refractivity contribution in [1.29, 1.82) is 0 Å². The predicted molar refractivity (Wildman–Crippen MR) is 110 cm³/mol. The summed E-state index contributed by atoms with van der Waals surface area (Å²) in [6, 6.07) is 16.7. The number of H-pyrrole nitrogens is 1. The number of amides is 1. The molecule has 1 atom stereocenters. The summed E-state index contributed by atoms with van der Waals surface area (Å²) in [6.45, 7) is 0.0256. The van der Waals surface area contributed by atoms with Crippen LogP contribution in [0.1, 0.15) is 27.7 Å². The van der Waals surface area contributed by atoms with E-state index >= 15 is 0 Å². The van der Waals surface area contributed by atoms with E-state index in [2.05, 4.69) is 4.98 Å². The molecule has 0 bridgehead atoms. The Hall–Kier alpha value is -4.26. The minimum absolute atomic E-state index is 0.0256. The molecular weight excluding hydrogens is 411 g/mol. The molecular formula is C25H17FN2O4. The number of rotatable bonds is 5. The van der Waals surface area contributed by atoms with Gasteiger partial charge in [-0.3, -0.25) is 9.59 Å². The lowest BCUT2D eigenvalue weighted by atomic mass is 9.94. The van der Waals surface area contributed by atoms with Crippen LogP contribution in [-0.4, -0.2) is 16.6 Å². The summed E-state index contributed by atoms with van der Waals surface area (Å²) in [6.07, 6.45) is 3.38. The zero-order valence-corrected chi connectivity index (χ0v) is 16.7. The molecule has 0 spiro atoms. The second-order valence-corrected chi connectivity index (χ2v) is 7.49. The van der Waals surface area contributed by atoms with Crippen LogP contribution in [0.4, 0.5) is 4.39 Å². The Bertz CT molecular complexity index is 1340. The van der Waals surface area contributed by atoms with E-state index in [1.54, 1.807) is 54.9 Å². The number of para-hydroxylation sites is 1. The van der Waals surface area contributed by atoms with Gasteiger partial charge in [-0.05, 0) is 30.0 Å². The number of pyridine rings is 1. The minimum atomic E-state index is -1.17. The van der Waals surface area contributed by atoms with Gasteiger partial charge in [0.15, 0.2) is 18.2 Å². The number of Topliss-reactive ketones (excluding diaryl/α,β-unsaturated/α-hetero) is 1. The molecule has 5 rings (SSSR count). The molecule has 4 aromatic rings. The highest BCUT2D eigenvalue weighted by atomic mass is 19.1. The van der Waals surface area contributed by atoms with Crippen molar-refractivity contribution in [1.82, 2.24) is 4.90 Å². The number of carbonyl (C=O) groups is 2. The minimum Gasteiger partial charge on any atom is -0.868 e. The largest absolute Gasteiger partial charge is 0.868 e. The van der Waals surface area contributed by atoms with E-state index < -0.39 is 29.3 Å². The molecule has 1 unspecified atom stereocenters. The van der Waals surface area contributed by atoms with Crippen LogP contribution in [0.5, 0.6) is 0 Å². The van der Waals surface area contributed by atoms with Crippen LogP contribution < -0.4 is 10.1 Å². The van der Waals surface area contributed by atoms with Gasteiger partial charge in [0, 0.05) is 28.2 Å². The van der Waals surface area contributed by atoms with E-state index in [0.717, 1.165) is 0 Å². The number of aromatic nitrogens is 1. The van der Waals surface area contributed by atoms with Crippen LogP contribution in [-0.2, 0) is 11.3 Å². The molecule has 3 heterocycles. The highest BCUT2D eigenvalue weighted by Crippen LogP contribution is 2.40. The maximum atomic E-state index is 14.8. The molecule has 6 nitrogen and oxygen atoms in total. The number of ketones is 1. The van der Waals surface area contributed by atoms with Crippen molar-refractivity contribution < 1.29 is 28.5 Å². The lowest BCUT2D eigenvalue weighted by Crippen LogP contribution is -2.32. The molecule has 0 fully saturated rings. The Kier molecular flexibility index (Phi) is 4.78. The Morgan fingerprint density at radius 3 is 2.62 bits per heavy atom. The van der Waals surface area contributed by atoms with Crippen molar-refractivity contribution in [3.05, 3.63) is 113 Å². The van der Waals surface area contributed by atoms with Gasteiger partial charge in [-0.15, -0.1) is 0 Å². The van der Waals surface area contributed by atoms with E-state index in [9.17, 15) is 19.1 Å². The molecule has 7 heteroatoms. The van der Waals surface area contributed by atoms with Gasteiger partial charge >= 0.3 is 0 Å². The van der Waals surface area contributed by atoms with Crippen molar-refractivity contribution in [2.75, 3.05) is 0 Å². The standard InChI is InChI=1S/C25H17FN2O4/c26-18-9-3-2-8-17(18)22-21(23(29)20-12-16-7-1-4-10-19(16)32-20)24(30)25(31)28(22)14-15-6-5-11-27-13-15/h1-13,22,30H,14H2. The van der Waals surface area contributed by atoms with Crippen molar-refractivity contribution >= 4 is 22.7 Å². The number of aromatic amines is 1. The quantitative estimate of drug-likeness (QED) is 0.457. The monoisotopic (exact) mass is 428 g/mol. The molecule has 1 aliphatic heterocycles. The van der Waals surface area contributed by atoms with Crippen molar-refractivity contribution in [2.45, 2.75) is 12.6 Å². The van der Waals surface area contributed by atoms with Gasteiger partial charge in [0.05, 0.1) is 12.6 Å². The molecule has 2 aromatic carbocycles. The first-order valence-electron chi connectivity index (χ1n) is 9.99. The number of benzene rings is 2. The maximum absolute atomic E-state index is 14.8. The van der Waals surface area contributed by atoms with E-state index in [0.29, 0.717) is 16.5 Å². The summed E-state index contributed by atoms with van der Waals surface area (Å²) in [4.78, 5) is 30.5. The third-order valence-corrected chi connectivity index (χ3v) is 5.50. The molecule has 158 valence electrons. The third-order valence-electron chi connectivity index (χ3n) is 5.50. The zero-order valence-electron chi connectivity index (χ0n) is 16.7. The summed E-state index contributed by atoms with van der Waals surface area (Å²) in [5.41, 5.74) is 0.935. The number of carbonyl (C=O) groups excluding carboxylic acids is 2. The van der Waals surface area contributed by atoms with Crippen LogP contribution in [0.15, 0.2) is 94.9 Å². The van der Waals surface area contributed by atoms with Gasteiger partial charge in [0.1, 0.15) is 11.4 Å². The lowest BCUT2D eigenvalue weighted by molar-refractivity contribution is -0.378. The molecule has 0 radical (unpaired) electrons. The van der Waals surface area contributed by atoms with E-state index in [-0.39, 0.29) is 23.4 Å². The van der Waals surface area contributed by atoms with E-state index in [1.807, 2.05) is 0 Å². The number of fused-ring (bicyclic) bond motifs is 1. The molecule has 1 N–H and O–H groups in total. The highest BCUT2D eigenvalue weighted by Gasteiger charge is 2.41. The average molecular weight is 428 g/mol. The summed E-state index contributed by atoms with van der Waals surface area (Å²) in [7, 11) is 0. The first-order valence-corrected chi connectivity index (χ1v) is 9.99. The van der Waals surface area contributed by atoms with Crippen LogP contribution in [0, 0.1) is 5.82 Å². The number of nitrogens with zero attached hydrogens (tertiary/aromatic N) is 1. The highest BCUT2D eigenvalue weighted by molar-refractivity contribution is 6.15. The fourth-order valence-corrected chi connectivity index (χ4v) is 4.01. The maximum Gasteiger partial charge on any atom is 0.240 e. The molecule has 0 saturated heterocycles. The number of nitrogens with one attached hydrogen (secondary N) is 1. The van der Waals surface area contributed by atoms with Crippen molar-refractivity contribution in [3.8, 4) is 0 Å². The molecule has 1 aliphatic rings. The number of furan rings is 1. The summed E-state index contributed by atoms with van der Waals surface area (Å²) in [5, 5.41) is 13.7. The summed E-state index contributed by atoms with van der Waals surface area (Å²) < 4.78 is 20.5. The fourth-order valence-electron chi connectivity index (χ4n) is 4.01. The summed E-state index contributed by atoms with van der Waals surface area (Å²) >= 11 is 0. The van der Waals surface area contributed by atoms with Crippen molar-refractivity contribution in [2.24, 2.45) is 0 Å². The Labute approximate surface area is 182 Å². The topological polar surface area (TPSA) is 87.7 Å². The van der Waals surface area contributed by atoms with Gasteiger partial charge in [-0.25, -0.2) is 9.37 Å². The zero-order chi connectivity index (χ0) is 22.2. The van der Waals surface area contributed by atoms with Crippen LogP contribution >= 0.6 is 0 Å². The van der Waals surface area contributed by atoms with Crippen LogP contribution in [0.25, 0.3) is 11.0 Å². The number of hydrogen-bond donors (Lipinski definition) is 0. The van der Waals surface area contributed by atoms with Crippen molar-refractivity contribution in [3.63, 3.8) is 0 Å². The summed E-state index contributed by atoms with van der Waals surface area (Å²) in [5.74, 6) is -3.22. The molecule has 0 aliphatic carbocycles. The van der Waals surface area contributed by atoms with E-state index in [4.69, 9.17) is 4.42 Å². The Morgan fingerprint density at radius 1 is 1.09 bits per heavy atom. The average Bonchev–Trinajstić information content (AvgIpc) is 3.35. The normalized spacial score (nSPS) is 16.2. The van der Waals surface area contributed by atoms with Gasteiger partial charge in [0.25, 0.3) is 0 Å². The SMILES string of the molecule is O=C(C1=C([O-])C(=O)N(Cc2ccc[nH+]c2)C1c1ccccc1F)c1cc2ccccc2o1. The second-order valence-electron chi connectivity index (χ2n) is 7.49. The number of hydrogen-bond acceptors (Lipinski definition) is 4. The fraction of sp³-hybridized carbons (Fsp3) is 0.0800. The van der Waals surface area contributed by atoms with Crippen LogP contribution in [0.2, 0.25) is 0 Å². The smallest absolute Gasteiger partial charge is 0.240 e. The predicted octanol–water partition coefficient (Wildman–Crippen LogP) is 2.97. The van der Waals surface area contributed by atoms with Gasteiger partial charge in [-0.1, -0.05) is 36.4 Å². The molecule has 0 saturated carbocycles. The third kappa shape index (κ3) is 3.24. The first kappa shape index (κ1) is 19.7. The second kappa shape index (κ2) is 7.77.